The maximum Gasteiger partial charge on any atom is 0.0646 e. The van der Waals surface area contributed by atoms with Crippen LogP contribution in [-0.4, -0.2) is 20.3 Å². The SMILES string of the molecule is COCCNCc1cc(Br)ccc1Sc1cccs1. The zero-order valence-corrected chi connectivity index (χ0v) is 13.9. The van der Waals surface area contributed by atoms with Gasteiger partial charge in [-0.2, -0.15) is 0 Å². The lowest BCUT2D eigenvalue weighted by Crippen LogP contribution is -2.18. The molecule has 0 aliphatic heterocycles. The fourth-order valence-corrected chi connectivity index (χ4v) is 3.86. The number of rotatable bonds is 7. The first-order valence-corrected chi connectivity index (χ1v) is 8.48. The van der Waals surface area contributed by atoms with Gasteiger partial charge in [-0.05, 0) is 35.2 Å². The van der Waals surface area contributed by atoms with Gasteiger partial charge in [-0.1, -0.05) is 33.8 Å². The van der Waals surface area contributed by atoms with E-state index in [1.807, 2.05) is 11.8 Å². The van der Waals surface area contributed by atoms with Crippen LogP contribution < -0.4 is 5.32 Å². The topological polar surface area (TPSA) is 21.3 Å². The summed E-state index contributed by atoms with van der Waals surface area (Å²) in [5.41, 5.74) is 1.31. The average molecular weight is 358 g/mol. The Labute approximate surface area is 130 Å². The average Bonchev–Trinajstić information content (AvgIpc) is 2.90. The molecule has 1 aromatic heterocycles. The molecule has 2 nitrogen and oxygen atoms in total. The van der Waals surface area contributed by atoms with Gasteiger partial charge in [0.25, 0.3) is 0 Å². The first kappa shape index (κ1) is 15.1. The summed E-state index contributed by atoms with van der Waals surface area (Å²) in [6.07, 6.45) is 0. The highest BCUT2D eigenvalue weighted by Crippen LogP contribution is 2.34. The molecule has 1 aromatic carbocycles. The smallest absolute Gasteiger partial charge is 0.0646 e. The van der Waals surface area contributed by atoms with E-state index >= 15 is 0 Å². The molecule has 102 valence electrons. The van der Waals surface area contributed by atoms with Crippen LogP contribution in [0.1, 0.15) is 5.56 Å². The molecule has 2 rings (SSSR count). The number of hydrogen-bond donors (Lipinski definition) is 1. The van der Waals surface area contributed by atoms with Crippen LogP contribution in [0.25, 0.3) is 0 Å². The minimum Gasteiger partial charge on any atom is -0.383 e. The van der Waals surface area contributed by atoms with Crippen molar-refractivity contribution in [2.75, 3.05) is 20.3 Å². The summed E-state index contributed by atoms with van der Waals surface area (Å²) in [5, 5.41) is 5.50. The zero-order valence-electron chi connectivity index (χ0n) is 10.7. The third kappa shape index (κ3) is 4.93. The molecule has 0 radical (unpaired) electrons. The van der Waals surface area contributed by atoms with Crippen LogP contribution in [-0.2, 0) is 11.3 Å². The molecule has 0 unspecified atom stereocenters. The van der Waals surface area contributed by atoms with Gasteiger partial charge in [0, 0.05) is 29.6 Å². The molecule has 1 N–H and O–H groups in total. The van der Waals surface area contributed by atoms with Crippen molar-refractivity contribution in [3.8, 4) is 0 Å². The molecule has 5 heteroatoms. The molecule has 1 heterocycles. The molecule has 0 bridgehead atoms. The van der Waals surface area contributed by atoms with Gasteiger partial charge in [-0.15, -0.1) is 11.3 Å². The highest BCUT2D eigenvalue weighted by atomic mass is 79.9. The van der Waals surface area contributed by atoms with E-state index in [9.17, 15) is 0 Å². The summed E-state index contributed by atoms with van der Waals surface area (Å²) in [6.45, 7) is 2.46. The largest absolute Gasteiger partial charge is 0.383 e. The van der Waals surface area contributed by atoms with Crippen LogP contribution in [0.4, 0.5) is 0 Å². The third-order valence-corrected chi connectivity index (χ3v) is 5.18. The first-order valence-electron chi connectivity index (χ1n) is 5.99. The quantitative estimate of drug-likeness (QED) is 0.742. The molecule has 0 fully saturated rings. The van der Waals surface area contributed by atoms with Gasteiger partial charge >= 0.3 is 0 Å². The van der Waals surface area contributed by atoms with Gasteiger partial charge < -0.3 is 10.1 Å². The number of methoxy groups -OCH3 is 1. The minimum absolute atomic E-state index is 0.738. The van der Waals surface area contributed by atoms with E-state index in [0.717, 1.165) is 24.2 Å². The Hall–Kier alpha value is -0.330. The van der Waals surface area contributed by atoms with E-state index < -0.39 is 0 Å². The highest BCUT2D eigenvalue weighted by Gasteiger charge is 2.06. The van der Waals surface area contributed by atoms with Crippen LogP contribution in [0.5, 0.6) is 0 Å². The second-order valence-electron chi connectivity index (χ2n) is 3.96. The van der Waals surface area contributed by atoms with Gasteiger partial charge in [-0.25, -0.2) is 0 Å². The maximum atomic E-state index is 5.04. The van der Waals surface area contributed by atoms with E-state index in [1.165, 1.54) is 14.7 Å². The zero-order chi connectivity index (χ0) is 13.5. The van der Waals surface area contributed by atoms with E-state index in [4.69, 9.17) is 4.74 Å². The van der Waals surface area contributed by atoms with Gasteiger partial charge in [0.1, 0.15) is 0 Å². The Morgan fingerprint density at radius 2 is 2.26 bits per heavy atom. The predicted molar refractivity (Wildman–Crippen MR) is 86.2 cm³/mol. The summed E-state index contributed by atoms with van der Waals surface area (Å²) < 4.78 is 7.48. The van der Waals surface area contributed by atoms with Crippen molar-refractivity contribution in [1.29, 1.82) is 0 Å². The molecule has 19 heavy (non-hydrogen) atoms. The van der Waals surface area contributed by atoms with Crippen molar-refractivity contribution in [3.05, 3.63) is 45.7 Å². The van der Waals surface area contributed by atoms with Crippen molar-refractivity contribution in [1.82, 2.24) is 5.32 Å². The van der Waals surface area contributed by atoms with Crippen LogP contribution in [0.3, 0.4) is 0 Å². The van der Waals surface area contributed by atoms with Crippen LogP contribution in [0, 0.1) is 0 Å². The van der Waals surface area contributed by atoms with Gasteiger partial charge in [0.15, 0.2) is 0 Å². The van der Waals surface area contributed by atoms with E-state index in [1.54, 1.807) is 18.4 Å². The van der Waals surface area contributed by atoms with Crippen molar-refractivity contribution in [3.63, 3.8) is 0 Å². The van der Waals surface area contributed by atoms with Crippen LogP contribution >= 0.6 is 39.0 Å². The normalized spacial score (nSPS) is 10.8. The van der Waals surface area contributed by atoms with E-state index in [2.05, 4.69) is 57.0 Å². The maximum absolute atomic E-state index is 5.04. The van der Waals surface area contributed by atoms with Crippen molar-refractivity contribution in [2.45, 2.75) is 15.6 Å². The summed E-state index contributed by atoms with van der Waals surface area (Å²) >= 11 is 7.13. The summed E-state index contributed by atoms with van der Waals surface area (Å²) in [6, 6.07) is 10.7. The molecule has 0 aliphatic rings. The van der Waals surface area contributed by atoms with Gasteiger partial charge in [0.05, 0.1) is 10.8 Å². The molecule has 0 amide bonds. The molecule has 0 aliphatic carbocycles. The lowest BCUT2D eigenvalue weighted by atomic mass is 10.2. The number of thiophene rings is 1. The Bertz CT molecular complexity index is 502. The second-order valence-corrected chi connectivity index (χ2v) is 7.16. The predicted octanol–water partition coefficient (Wildman–Crippen LogP) is 4.40. The van der Waals surface area contributed by atoms with Crippen molar-refractivity contribution < 1.29 is 4.74 Å². The number of hydrogen-bond acceptors (Lipinski definition) is 4. The molecule has 2 aromatic rings. The number of halogens is 1. The van der Waals surface area contributed by atoms with Gasteiger partial charge in [0.2, 0.25) is 0 Å². The number of nitrogens with one attached hydrogen (secondary N) is 1. The molecular formula is C14H16BrNOS2. The highest BCUT2D eigenvalue weighted by molar-refractivity contribution is 9.10. The number of ether oxygens (including phenoxy) is 1. The van der Waals surface area contributed by atoms with Crippen molar-refractivity contribution >= 4 is 39.0 Å². The second kappa shape index (κ2) is 8.07. The van der Waals surface area contributed by atoms with Crippen LogP contribution in [0.15, 0.2) is 49.3 Å². The fraction of sp³-hybridized carbons (Fsp3) is 0.286. The number of benzene rings is 1. The summed E-state index contributed by atoms with van der Waals surface area (Å²) in [7, 11) is 1.72. The third-order valence-electron chi connectivity index (χ3n) is 2.53. The lowest BCUT2D eigenvalue weighted by molar-refractivity contribution is 0.199. The van der Waals surface area contributed by atoms with Gasteiger partial charge in [-0.3, -0.25) is 0 Å². The van der Waals surface area contributed by atoms with E-state index in [0.29, 0.717) is 0 Å². The molecule has 0 saturated carbocycles. The summed E-state index contributed by atoms with van der Waals surface area (Å²) in [5.74, 6) is 0. The monoisotopic (exact) mass is 357 g/mol. The molecule has 0 saturated heterocycles. The summed E-state index contributed by atoms with van der Waals surface area (Å²) in [4.78, 5) is 1.30. The Kier molecular flexibility index (Phi) is 6.40. The van der Waals surface area contributed by atoms with E-state index in [-0.39, 0.29) is 0 Å². The molecule has 0 spiro atoms. The van der Waals surface area contributed by atoms with Crippen LogP contribution in [0.2, 0.25) is 0 Å². The first-order chi connectivity index (χ1) is 9.29. The molecular weight excluding hydrogens is 342 g/mol. The van der Waals surface area contributed by atoms with Crippen molar-refractivity contribution in [2.24, 2.45) is 0 Å². The lowest BCUT2D eigenvalue weighted by Gasteiger charge is -2.10. The Morgan fingerprint density at radius 1 is 1.37 bits per heavy atom. The standard InChI is InChI=1S/C14H16BrNOS2/c1-17-7-6-16-10-11-9-12(15)4-5-13(11)19-14-3-2-8-18-14/h2-5,8-9,16H,6-7,10H2,1H3. The fourth-order valence-electron chi connectivity index (χ4n) is 1.61. The minimum atomic E-state index is 0.738. The Morgan fingerprint density at radius 3 is 3.00 bits per heavy atom. The molecule has 0 atom stereocenters. The Balaban J connectivity index is 2.04.